The summed E-state index contributed by atoms with van der Waals surface area (Å²) in [5.41, 5.74) is 10.1. The van der Waals surface area contributed by atoms with E-state index in [-0.39, 0.29) is 0 Å². The molecule has 0 saturated heterocycles. The van der Waals surface area contributed by atoms with Gasteiger partial charge < -0.3 is 10.5 Å². The van der Waals surface area contributed by atoms with Gasteiger partial charge in [-0.05, 0) is 53.4 Å². The lowest BCUT2D eigenvalue weighted by atomic mass is 9.98. The Balaban J connectivity index is 2.48. The van der Waals surface area contributed by atoms with Gasteiger partial charge in [-0.1, -0.05) is 23.7 Å². The Morgan fingerprint density at radius 1 is 1.17 bits per heavy atom. The summed E-state index contributed by atoms with van der Waals surface area (Å²) in [4.78, 5) is 0. The van der Waals surface area contributed by atoms with Crippen LogP contribution >= 0.6 is 11.6 Å². The summed E-state index contributed by atoms with van der Waals surface area (Å²) >= 11 is 6.07. The quantitative estimate of drug-likeness (QED) is 0.913. The van der Waals surface area contributed by atoms with E-state index >= 15 is 0 Å². The van der Waals surface area contributed by atoms with Gasteiger partial charge in [0.2, 0.25) is 0 Å². The first kappa shape index (κ1) is 12.9. The van der Waals surface area contributed by atoms with Gasteiger partial charge in [0.25, 0.3) is 0 Å². The van der Waals surface area contributed by atoms with Crippen LogP contribution in [0.25, 0.3) is 11.1 Å². The van der Waals surface area contributed by atoms with Crippen molar-refractivity contribution in [3.8, 4) is 16.9 Å². The molecule has 2 aromatic rings. The molecule has 0 saturated carbocycles. The molecule has 0 bridgehead atoms. The molecule has 0 spiro atoms. The fourth-order valence-electron chi connectivity index (χ4n) is 1.99. The van der Waals surface area contributed by atoms with E-state index < -0.39 is 0 Å². The SMILES string of the molecule is COc1ccc(-c2ccc(Cl)c(CN)c2)c(C)c1. The zero-order chi connectivity index (χ0) is 13.1. The molecule has 0 aromatic heterocycles. The van der Waals surface area contributed by atoms with Crippen molar-refractivity contribution < 1.29 is 4.74 Å². The molecule has 2 N–H and O–H groups in total. The van der Waals surface area contributed by atoms with E-state index in [1.807, 2.05) is 30.3 Å². The summed E-state index contributed by atoms with van der Waals surface area (Å²) in [6.07, 6.45) is 0. The highest BCUT2D eigenvalue weighted by Crippen LogP contribution is 2.29. The van der Waals surface area contributed by atoms with Gasteiger partial charge in [-0.25, -0.2) is 0 Å². The maximum atomic E-state index is 6.07. The number of aryl methyl sites for hydroxylation is 1. The lowest BCUT2D eigenvalue weighted by molar-refractivity contribution is 0.414. The Morgan fingerprint density at radius 2 is 1.94 bits per heavy atom. The molecule has 0 radical (unpaired) electrons. The number of nitrogens with two attached hydrogens (primary N) is 1. The van der Waals surface area contributed by atoms with Crippen molar-refractivity contribution in [2.45, 2.75) is 13.5 Å². The lowest BCUT2D eigenvalue weighted by Gasteiger charge is -2.10. The van der Waals surface area contributed by atoms with Gasteiger partial charge in [-0.3, -0.25) is 0 Å². The van der Waals surface area contributed by atoms with E-state index in [1.165, 1.54) is 11.1 Å². The number of rotatable bonds is 3. The molecule has 0 aliphatic rings. The number of methoxy groups -OCH3 is 1. The monoisotopic (exact) mass is 261 g/mol. The van der Waals surface area contributed by atoms with Crippen LogP contribution in [-0.2, 0) is 6.54 Å². The third-order valence-electron chi connectivity index (χ3n) is 3.01. The highest BCUT2D eigenvalue weighted by Gasteiger charge is 2.06. The van der Waals surface area contributed by atoms with E-state index in [2.05, 4.69) is 13.0 Å². The molecular formula is C15H16ClNO. The van der Waals surface area contributed by atoms with Crippen molar-refractivity contribution >= 4 is 11.6 Å². The molecule has 2 rings (SSSR count). The summed E-state index contributed by atoms with van der Waals surface area (Å²) in [6.45, 7) is 2.51. The highest BCUT2D eigenvalue weighted by molar-refractivity contribution is 6.31. The number of halogens is 1. The first-order chi connectivity index (χ1) is 8.65. The molecule has 0 fully saturated rings. The topological polar surface area (TPSA) is 35.2 Å². The fourth-order valence-corrected chi connectivity index (χ4v) is 2.18. The van der Waals surface area contributed by atoms with Gasteiger partial charge >= 0.3 is 0 Å². The van der Waals surface area contributed by atoms with Gasteiger partial charge in [0.15, 0.2) is 0 Å². The second-order valence-electron chi connectivity index (χ2n) is 4.19. The Labute approximate surface area is 112 Å². The molecule has 0 amide bonds. The first-order valence-electron chi connectivity index (χ1n) is 5.79. The van der Waals surface area contributed by atoms with Crippen LogP contribution in [0.15, 0.2) is 36.4 Å². The standard InChI is InChI=1S/C15H16ClNO/c1-10-7-13(18-2)4-5-14(10)11-3-6-15(16)12(8-11)9-17/h3-8H,9,17H2,1-2H3. The Morgan fingerprint density at radius 3 is 2.56 bits per heavy atom. The van der Waals surface area contributed by atoms with E-state index in [9.17, 15) is 0 Å². The molecule has 2 nitrogen and oxygen atoms in total. The van der Waals surface area contributed by atoms with Gasteiger partial charge in [0.1, 0.15) is 5.75 Å². The number of benzene rings is 2. The van der Waals surface area contributed by atoms with Crippen LogP contribution in [0.2, 0.25) is 5.02 Å². The van der Waals surface area contributed by atoms with Crippen molar-refractivity contribution in [1.29, 1.82) is 0 Å². The van der Waals surface area contributed by atoms with Crippen LogP contribution in [0.4, 0.5) is 0 Å². The zero-order valence-corrected chi connectivity index (χ0v) is 11.3. The summed E-state index contributed by atoms with van der Waals surface area (Å²) < 4.78 is 5.21. The van der Waals surface area contributed by atoms with Crippen molar-refractivity contribution in [3.63, 3.8) is 0 Å². The molecule has 94 valence electrons. The lowest BCUT2D eigenvalue weighted by Crippen LogP contribution is -1.97. The average molecular weight is 262 g/mol. The van der Waals surface area contributed by atoms with E-state index in [0.29, 0.717) is 11.6 Å². The van der Waals surface area contributed by atoms with Crippen LogP contribution in [0.3, 0.4) is 0 Å². The molecule has 0 heterocycles. The van der Waals surface area contributed by atoms with Crippen LogP contribution in [0.5, 0.6) is 5.75 Å². The molecule has 0 aliphatic heterocycles. The largest absolute Gasteiger partial charge is 0.497 e. The third kappa shape index (κ3) is 2.50. The predicted octanol–water partition coefficient (Wildman–Crippen LogP) is 3.78. The minimum absolute atomic E-state index is 0.446. The molecule has 0 aliphatic carbocycles. The van der Waals surface area contributed by atoms with Crippen LogP contribution in [0.1, 0.15) is 11.1 Å². The fraction of sp³-hybridized carbons (Fsp3) is 0.200. The Hall–Kier alpha value is -1.51. The second-order valence-corrected chi connectivity index (χ2v) is 4.60. The van der Waals surface area contributed by atoms with Crippen molar-refractivity contribution in [2.24, 2.45) is 5.73 Å². The maximum absolute atomic E-state index is 6.07. The molecular weight excluding hydrogens is 246 g/mol. The smallest absolute Gasteiger partial charge is 0.119 e. The van der Waals surface area contributed by atoms with Gasteiger partial charge in [-0.15, -0.1) is 0 Å². The maximum Gasteiger partial charge on any atom is 0.119 e. The summed E-state index contributed by atoms with van der Waals surface area (Å²) in [7, 11) is 1.67. The minimum atomic E-state index is 0.446. The Kier molecular flexibility index (Phi) is 3.90. The van der Waals surface area contributed by atoms with Gasteiger partial charge in [0, 0.05) is 11.6 Å². The number of hydrogen-bond acceptors (Lipinski definition) is 2. The van der Waals surface area contributed by atoms with E-state index in [4.69, 9.17) is 22.1 Å². The normalized spacial score (nSPS) is 10.4. The summed E-state index contributed by atoms with van der Waals surface area (Å²) in [5.74, 6) is 0.865. The van der Waals surface area contributed by atoms with E-state index in [1.54, 1.807) is 7.11 Å². The van der Waals surface area contributed by atoms with Crippen LogP contribution in [-0.4, -0.2) is 7.11 Å². The van der Waals surface area contributed by atoms with Crippen molar-refractivity contribution in [2.75, 3.05) is 7.11 Å². The van der Waals surface area contributed by atoms with Gasteiger partial charge in [0.05, 0.1) is 7.11 Å². The van der Waals surface area contributed by atoms with Crippen LogP contribution in [0, 0.1) is 6.92 Å². The summed E-state index contributed by atoms with van der Waals surface area (Å²) in [5, 5.41) is 0.715. The molecule has 2 aromatic carbocycles. The molecule has 0 atom stereocenters. The number of ether oxygens (including phenoxy) is 1. The Bertz CT molecular complexity index is 566. The highest BCUT2D eigenvalue weighted by atomic mass is 35.5. The number of hydrogen-bond donors (Lipinski definition) is 1. The minimum Gasteiger partial charge on any atom is -0.497 e. The molecule has 3 heteroatoms. The average Bonchev–Trinajstić information content (AvgIpc) is 2.39. The van der Waals surface area contributed by atoms with Crippen molar-refractivity contribution in [1.82, 2.24) is 0 Å². The van der Waals surface area contributed by atoms with Gasteiger partial charge in [-0.2, -0.15) is 0 Å². The first-order valence-corrected chi connectivity index (χ1v) is 6.17. The third-order valence-corrected chi connectivity index (χ3v) is 3.38. The zero-order valence-electron chi connectivity index (χ0n) is 10.5. The van der Waals surface area contributed by atoms with E-state index in [0.717, 1.165) is 16.9 Å². The van der Waals surface area contributed by atoms with Crippen molar-refractivity contribution in [3.05, 3.63) is 52.5 Å². The summed E-state index contributed by atoms with van der Waals surface area (Å²) in [6, 6.07) is 12.0. The predicted molar refractivity (Wildman–Crippen MR) is 76.1 cm³/mol. The second kappa shape index (κ2) is 5.42. The molecule has 18 heavy (non-hydrogen) atoms. The molecule has 0 unspecified atom stereocenters. The van der Waals surface area contributed by atoms with Crippen LogP contribution < -0.4 is 10.5 Å².